The second kappa shape index (κ2) is 10.2. The Morgan fingerprint density at radius 2 is 1.79 bits per heavy atom. The van der Waals surface area contributed by atoms with Crippen molar-refractivity contribution in [1.29, 1.82) is 0 Å². The van der Waals surface area contributed by atoms with Crippen molar-refractivity contribution in [3.63, 3.8) is 0 Å². The Morgan fingerprint density at radius 3 is 2.28 bits per heavy atom. The molecule has 162 valence electrons. The summed E-state index contributed by atoms with van der Waals surface area (Å²) in [4.78, 5) is 25.9. The number of esters is 1. The molecule has 1 aliphatic carbocycles. The van der Waals surface area contributed by atoms with Gasteiger partial charge >= 0.3 is 5.97 Å². The first-order valence-corrected chi connectivity index (χ1v) is 12.9. The van der Waals surface area contributed by atoms with Gasteiger partial charge in [0.1, 0.15) is 0 Å². The molecule has 4 nitrogen and oxygen atoms in total. The fraction of sp³-hybridized carbons (Fsp3) is 0.619. The van der Waals surface area contributed by atoms with Crippen LogP contribution in [0, 0.1) is 11.3 Å². The molecule has 1 N–H and O–H groups in total. The highest BCUT2D eigenvalue weighted by molar-refractivity contribution is 8.18. The number of nitrogens with one attached hydrogen (secondary N) is 1. The first-order valence-electron chi connectivity index (χ1n) is 9.70. The number of anilines is 1. The van der Waals surface area contributed by atoms with Gasteiger partial charge in [-0.3, -0.25) is 4.79 Å². The van der Waals surface area contributed by atoms with E-state index in [1.54, 1.807) is 13.0 Å². The molecule has 0 aromatic heterocycles. The molecule has 0 atom stereocenters. The summed E-state index contributed by atoms with van der Waals surface area (Å²) in [6, 6.07) is 3.04. The lowest BCUT2D eigenvalue weighted by molar-refractivity contribution is -0.134. The van der Waals surface area contributed by atoms with E-state index in [4.69, 9.17) is 27.9 Å². The molecule has 0 saturated heterocycles. The molecule has 0 radical (unpaired) electrons. The number of rotatable bonds is 9. The summed E-state index contributed by atoms with van der Waals surface area (Å²) < 4.78 is 4.89. The summed E-state index contributed by atoms with van der Waals surface area (Å²) in [5.74, 6) is 0.296. The average molecular weight is 479 g/mol. The van der Waals surface area contributed by atoms with Crippen LogP contribution in [0.15, 0.2) is 12.1 Å². The molecule has 0 aliphatic heterocycles. The van der Waals surface area contributed by atoms with Crippen molar-refractivity contribution in [3.05, 3.63) is 22.2 Å². The number of halogens is 2. The van der Waals surface area contributed by atoms with Gasteiger partial charge in [-0.05, 0) is 57.1 Å². The van der Waals surface area contributed by atoms with Crippen molar-refractivity contribution in [2.45, 2.75) is 57.0 Å². The number of benzene rings is 1. The zero-order valence-electron chi connectivity index (χ0n) is 17.6. The van der Waals surface area contributed by atoms with Crippen LogP contribution in [0.4, 0.5) is 5.69 Å². The molecule has 2 rings (SSSR count). The summed E-state index contributed by atoms with van der Waals surface area (Å²) in [6.07, 6.45) is 8.35. The second-order valence-electron chi connectivity index (χ2n) is 8.03. The first-order chi connectivity index (χ1) is 13.6. The highest BCUT2D eigenvalue weighted by Crippen LogP contribution is 2.47. The second-order valence-corrected chi connectivity index (χ2v) is 11.5. The lowest BCUT2D eigenvalue weighted by atomic mass is 9.64. The number of ether oxygens (including phenoxy) is 1. The molecule has 1 aliphatic rings. The van der Waals surface area contributed by atoms with Gasteiger partial charge < -0.3 is 10.1 Å². The van der Waals surface area contributed by atoms with E-state index >= 15 is 0 Å². The lowest BCUT2D eigenvalue weighted by Crippen LogP contribution is -2.42. The normalized spacial score (nSPS) is 15.7. The molecule has 1 fully saturated rings. The van der Waals surface area contributed by atoms with Gasteiger partial charge in [-0.25, -0.2) is 4.79 Å². The van der Waals surface area contributed by atoms with E-state index in [0.717, 1.165) is 32.1 Å². The predicted octanol–water partition coefficient (Wildman–Crippen LogP) is 6.89. The molecule has 1 saturated carbocycles. The third kappa shape index (κ3) is 5.78. The highest BCUT2D eigenvalue weighted by Gasteiger charge is 2.44. The molecule has 1 aromatic rings. The lowest BCUT2D eigenvalue weighted by Gasteiger charge is -2.41. The van der Waals surface area contributed by atoms with Crippen molar-refractivity contribution in [2.24, 2.45) is 11.3 Å². The molecule has 0 bridgehead atoms. The summed E-state index contributed by atoms with van der Waals surface area (Å²) in [6.45, 7) is 6.13. The minimum absolute atomic E-state index is 0.0439. The van der Waals surface area contributed by atoms with Crippen LogP contribution in [0.5, 0.6) is 5.75 Å². The topological polar surface area (TPSA) is 55.4 Å². The molecule has 0 heterocycles. The summed E-state index contributed by atoms with van der Waals surface area (Å²) in [5.41, 5.74) is 0.0168. The van der Waals surface area contributed by atoms with E-state index in [2.05, 4.69) is 19.2 Å². The number of amides is 1. The molecule has 0 spiro atoms. The fourth-order valence-corrected chi connectivity index (χ4v) is 4.57. The number of carbonyl (C=O) groups is 2. The van der Waals surface area contributed by atoms with Crippen LogP contribution < -0.4 is 10.1 Å². The maximum Gasteiger partial charge on any atom is 0.337 e. The van der Waals surface area contributed by atoms with Crippen LogP contribution >= 0.6 is 46.7 Å². The van der Waals surface area contributed by atoms with Gasteiger partial charge in [0.15, 0.2) is 9.83 Å². The van der Waals surface area contributed by atoms with Gasteiger partial charge in [-0.1, -0.05) is 43.5 Å². The van der Waals surface area contributed by atoms with Crippen LogP contribution in [0.3, 0.4) is 0 Å². The first kappa shape index (κ1) is 24.7. The van der Waals surface area contributed by atoms with Crippen molar-refractivity contribution in [3.8, 4) is 5.75 Å². The van der Waals surface area contributed by atoms with Crippen molar-refractivity contribution in [2.75, 3.05) is 17.8 Å². The third-order valence-electron chi connectivity index (χ3n) is 5.62. The van der Waals surface area contributed by atoms with Gasteiger partial charge in [-0.2, -0.15) is 0 Å². The van der Waals surface area contributed by atoms with Crippen LogP contribution in [0.25, 0.3) is 0 Å². The minimum atomic E-state index is -0.764. The standard InChI is InChI=1S/C21H29Cl2NO3S2/c1-13(2)7-10-21(8-6-9-21)18(25)24-16-11-14(22)15(23)12-17(16)27-19(26)20(3,28-4)29-5/h11-13H,6-10H2,1-5H3,(H,24,25). The summed E-state index contributed by atoms with van der Waals surface area (Å²) in [7, 11) is 0. The van der Waals surface area contributed by atoms with Crippen LogP contribution in [0.2, 0.25) is 10.0 Å². The van der Waals surface area contributed by atoms with Crippen molar-refractivity contribution in [1.82, 2.24) is 0 Å². The maximum atomic E-state index is 13.1. The van der Waals surface area contributed by atoms with Gasteiger partial charge in [0, 0.05) is 11.5 Å². The zero-order valence-corrected chi connectivity index (χ0v) is 20.7. The largest absolute Gasteiger partial charge is 0.423 e. The summed E-state index contributed by atoms with van der Waals surface area (Å²) >= 11 is 15.1. The van der Waals surface area contributed by atoms with E-state index < -0.39 is 10.0 Å². The summed E-state index contributed by atoms with van der Waals surface area (Å²) in [5, 5.41) is 3.53. The Morgan fingerprint density at radius 1 is 1.21 bits per heavy atom. The zero-order chi connectivity index (χ0) is 21.8. The highest BCUT2D eigenvalue weighted by atomic mass is 35.5. The number of thioether (sulfide) groups is 2. The minimum Gasteiger partial charge on any atom is -0.423 e. The quantitative estimate of drug-likeness (QED) is 0.238. The van der Waals surface area contributed by atoms with Crippen molar-refractivity contribution >= 4 is 64.3 Å². The molecular weight excluding hydrogens is 449 g/mol. The van der Waals surface area contributed by atoms with E-state index in [9.17, 15) is 9.59 Å². The van der Waals surface area contributed by atoms with E-state index in [1.807, 2.05) is 12.5 Å². The third-order valence-corrected chi connectivity index (χ3v) is 9.23. The molecule has 8 heteroatoms. The predicted molar refractivity (Wildman–Crippen MR) is 127 cm³/mol. The number of hydrogen-bond donors (Lipinski definition) is 1. The molecular formula is C21H29Cl2NO3S2. The molecule has 0 unspecified atom stereocenters. The van der Waals surface area contributed by atoms with Crippen molar-refractivity contribution < 1.29 is 14.3 Å². The monoisotopic (exact) mass is 477 g/mol. The molecule has 1 aromatic carbocycles. The van der Waals surface area contributed by atoms with E-state index in [0.29, 0.717) is 16.6 Å². The van der Waals surface area contributed by atoms with Crippen LogP contribution in [-0.4, -0.2) is 28.5 Å². The Balaban J connectivity index is 2.27. The SMILES string of the molecule is CSC(C)(SC)C(=O)Oc1cc(Cl)c(Cl)cc1NC(=O)C1(CCC(C)C)CCC1. The van der Waals surface area contributed by atoms with E-state index in [-0.39, 0.29) is 22.1 Å². The van der Waals surface area contributed by atoms with Gasteiger partial charge in [0.25, 0.3) is 0 Å². The van der Waals surface area contributed by atoms with Gasteiger partial charge in [0.05, 0.1) is 15.7 Å². The number of hydrogen-bond acceptors (Lipinski definition) is 5. The Hall–Kier alpha value is -0.560. The van der Waals surface area contributed by atoms with Crippen LogP contribution in [-0.2, 0) is 9.59 Å². The molecule has 29 heavy (non-hydrogen) atoms. The number of carbonyl (C=O) groups excluding carboxylic acids is 2. The Kier molecular flexibility index (Phi) is 8.66. The Labute approximate surface area is 192 Å². The van der Waals surface area contributed by atoms with E-state index in [1.165, 1.54) is 29.6 Å². The Bertz CT molecular complexity index is 763. The van der Waals surface area contributed by atoms with Crippen LogP contribution in [0.1, 0.15) is 52.9 Å². The van der Waals surface area contributed by atoms with Gasteiger partial charge in [0.2, 0.25) is 5.91 Å². The molecule has 1 amide bonds. The maximum absolute atomic E-state index is 13.1. The average Bonchev–Trinajstić information content (AvgIpc) is 2.63. The van der Waals surface area contributed by atoms with Gasteiger partial charge in [-0.15, -0.1) is 23.5 Å². The fourth-order valence-electron chi connectivity index (χ4n) is 3.17. The smallest absolute Gasteiger partial charge is 0.337 e.